The second-order valence-electron chi connectivity index (χ2n) is 6.56. The molecule has 128 valence electrons. The molecule has 1 aromatic carbocycles. The van der Waals surface area contributed by atoms with Crippen LogP contribution in [0.25, 0.3) is 0 Å². The average molecular weight is 325 g/mol. The minimum Gasteiger partial charge on any atom is -0.497 e. The highest BCUT2D eigenvalue weighted by molar-refractivity contribution is 5.65. The van der Waals surface area contributed by atoms with Gasteiger partial charge >= 0.3 is 5.69 Å². The van der Waals surface area contributed by atoms with E-state index in [4.69, 9.17) is 4.74 Å². The summed E-state index contributed by atoms with van der Waals surface area (Å²) in [6.07, 6.45) is 4.45. The molecule has 7 heteroatoms. The van der Waals surface area contributed by atoms with Gasteiger partial charge in [0.25, 0.3) is 0 Å². The van der Waals surface area contributed by atoms with Crippen LogP contribution in [0.4, 0.5) is 15.8 Å². The molecule has 0 amide bonds. The summed E-state index contributed by atoms with van der Waals surface area (Å²) in [5, 5.41) is 14.3. The number of rotatable bonds is 7. The van der Waals surface area contributed by atoms with Crippen molar-refractivity contribution in [1.82, 2.24) is 4.90 Å². The fraction of sp³-hybridized carbons (Fsp3) is 0.625. The number of benzene rings is 1. The highest BCUT2D eigenvalue weighted by atomic mass is 19.1. The van der Waals surface area contributed by atoms with Crippen molar-refractivity contribution in [3.63, 3.8) is 0 Å². The first-order valence-corrected chi connectivity index (χ1v) is 7.77. The second-order valence-corrected chi connectivity index (χ2v) is 6.56. The Morgan fingerprint density at radius 2 is 2.04 bits per heavy atom. The van der Waals surface area contributed by atoms with Gasteiger partial charge in [-0.1, -0.05) is 12.8 Å². The number of hydrogen-bond donors (Lipinski definition) is 1. The van der Waals surface area contributed by atoms with Gasteiger partial charge in [-0.3, -0.25) is 10.1 Å². The third-order valence-corrected chi connectivity index (χ3v) is 4.42. The Bertz CT molecular complexity index is 572. The lowest BCUT2D eigenvalue weighted by molar-refractivity contribution is -0.386. The van der Waals surface area contributed by atoms with Crippen molar-refractivity contribution < 1.29 is 14.1 Å². The van der Waals surface area contributed by atoms with Gasteiger partial charge in [0, 0.05) is 30.6 Å². The summed E-state index contributed by atoms with van der Waals surface area (Å²) in [6.45, 7) is 1.48. The molecular weight excluding hydrogens is 301 g/mol. The number of hydrogen-bond acceptors (Lipinski definition) is 5. The lowest BCUT2D eigenvalue weighted by Crippen LogP contribution is -2.37. The van der Waals surface area contributed by atoms with Crippen LogP contribution < -0.4 is 10.1 Å². The van der Waals surface area contributed by atoms with Crippen LogP contribution in [0.15, 0.2) is 12.1 Å². The summed E-state index contributed by atoms with van der Waals surface area (Å²) in [4.78, 5) is 12.6. The normalized spacial score (nSPS) is 16.6. The number of halogens is 1. The summed E-state index contributed by atoms with van der Waals surface area (Å²) in [5.74, 6) is -0.617. The zero-order valence-electron chi connectivity index (χ0n) is 13.9. The zero-order chi connectivity index (χ0) is 17.0. The van der Waals surface area contributed by atoms with E-state index in [2.05, 4.69) is 10.2 Å². The average Bonchev–Trinajstić information content (AvgIpc) is 2.92. The van der Waals surface area contributed by atoms with Crippen LogP contribution >= 0.6 is 0 Å². The van der Waals surface area contributed by atoms with E-state index in [1.54, 1.807) is 0 Å². The molecule has 0 heterocycles. The van der Waals surface area contributed by atoms with Crippen LogP contribution in [0, 0.1) is 21.3 Å². The Morgan fingerprint density at radius 1 is 1.39 bits per heavy atom. The monoisotopic (exact) mass is 325 g/mol. The molecule has 1 aliphatic carbocycles. The van der Waals surface area contributed by atoms with Crippen molar-refractivity contribution in [2.45, 2.75) is 25.7 Å². The summed E-state index contributed by atoms with van der Waals surface area (Å²) >= 11 is 0. The summed E-state index contributed by atoms with van der Waals surface area (Å²) < 4.78 is 19.0. The fourth-order valence-electron chi connectivity index (χ4n) is 3.48. The molecule has 1 aromatic rings. The third-order valence-electron chi connectivity index (χ3n) is 4.42. The summed E-state index contributed by atoms with van der Waals surface area (Å²) in [5.41, 5.74) is -0.280. The van der Waals surface area contributed by atoms with Gasteiger partial charge in [0.2, 0.25) is 5.82 Å². The standard InChI is InChI=1S/C16H24FN3O3/c1-19(2)11-16(6-4-5-7-16)10-18-14-9-12(23-3)8-13(17)15(14)20(21)22/h8-9,18H,4-7,10-11H2,1-3H3. The van der Waals surface area contributed by atoms with Crippen LogP contribution in [-0.4, -0.2) is 44.1 Å². The molecule has 0 unspecified atom stereocenters. The highest BCUT2D eigenvalue weighted by Gasteiger charge is 2.35. The van der Waals surface area contributed by atoms with E-state index in [0.29, 0.717) is 6.54 Å². The third kappa shape index (κ3) is 4.10. The molecule has 23 heavy (non-hydrogen) atoms. The first-order chi connectivity index (χ1) is 10.9. The first-order valence-electron chi connectivity index (χ1n) is 7.77. The van der Waals surface area contributed by atoms with Crippen molar-refractivity contribution in [2.24, 2.45) is 5.41 Å². The quantitative estimate of drug-likeness (QED) is 0.615. The molecular formula is C16H24FN3O3. The Balaban J connectivity index is 2.24. The largest absolute Gasteiger partial charge is 0.497 e. The van der Waals surface area contributed by atoms with Crippen LogP contribution in [0.3, 0.4) is 0 Å². The molecule has 0 spiro atoms. The molecule has 0 saturated heterocycles. The predicted octanol–water partition coefficient (Wildman–Crippen LogP) is 3.28. The van der Waals surface area contributed by atoms with Crippen molar-refractivity contribution in [3.05, 3.63) is 28.1 Å². The minimum atomic E-state index is -0.884. The van der Waals surface area contributed by atoms with E-state index in [-0.39, 0.29) is 16.9 Å². The molecule has 0 bridgehead atoms. The van der Waals surface area contributed by atoms with Crippen LogP contribution in [-0.2, 0) is 0 Å². The Morgan fingerprint density at radius 3 is 2.57 bits per heavy atom. The van der Waals surface area contributed by atoms with E-state index >= 15 is 0 Å². The molecule has 0 aromatic heterocycles. The van der Waals surface area contributed by atoms with Gasteiger partial charge in [0.1, 0.15) is 11.4 Å². The van der Waals surface area contributed by atoms with E-state index in [9.17, 15) is 14.5 Å². The molecule has 0 aliphatic heterocycles. The SMILES string of the molecule is COc1cc(F)c([N+](=O)[O-])c(NCC2(CN(C)C)CCCC2)c1. The van der Waals surface area contributed by atoms with Crippen LogP contribution in [0.1, 0.15) is 25.7 Å². The number of nitro benzene ring substituents is 1. The fourth-order valence-corrected chi connectivity index (χ4v) is 3.48. The smallest absolute Gasteiger partial charge is 0.327 e. The molecule has 2 rings (SSSR count). The lowest BCUT2D eigenvalue weighted by atomic mass is 9.85. The van der Waals surface area contributed by atoms with Crippen molar-refractivity contribution in [2.75, 3.05) is 39.6 Å². The van der Waals surface area contributed by atoms with Crippen LogP contribution in [0.2, 0.25) is 0 Å². The van der Waals surface area contributed by atoms with E-state index in [1.807, 2.05) is 14.1 Å². The number of nitrogens with zero attached hydrogens (tertiary/aromatic N) is 2. The molecule has 0 atom stereocenters. The van der Waals surface area contributed by atoms with Gasteiger partial charge in [-0.2, -0.15) is 4.39 Å². The lowest BCUT2D eigenvalue weighted by Gasteiger charge is -2.32. The Hall–Kier alpha value is -1.89. The topological polar surface area (TPSA) is 67.6 Å². The minimum absolute atomic E-state index is 0.0664. The van der Waals surface area contributed by atoms with Gasteiger partial charge in [0.15, 0.2) is 0 Å². The summed E-state index contributed by atoms with van der Waals surface area (Å²) in [6, 6.07) is 2.52. The van der Waals surface area contributed by atoms with Gasteiger partial charge in [-0.15, -0.1) is 0 Å². The maximum absolute atomic E-state index is 14.0. The van der Waals surface area contributed by atoms with Crippen molar-refractivity contribution >= 4 is 11.4 Å². The summed E-state index contributed by atoms with van der Waals surface area (Å²) in [7, 11) is 5.45. The van der Waals surface area contributed by atoms with Crippen molar-refractivity contribution in [3.8, 4) is 5.75 Å². The number of methoxy groups -OCH3 is 1. The van der Waals surface area contributed by atoms with Gasteiger partial charge < -0.3 is 15.0 Å². The molecule has 1 N–H and O–H groups in total. The molecule has 6 nitrogen and oxygen atoms in total. The molecule has 1 aliphatic rings. The van der Waals surface area contributed by atoms with Crippen LogP contribution in [0.5, 0.6) is 5.75 Å². The number of nitro groups is 1. The molecule has 0 radical (unpaired) electrons. The number of nitrogens with one attached hydrogen (secondary N) is 1. The van der Waals surface area contributed by atoms with E-state index < -0.39 is 16.4 Å². The maximum Gasteiger partial charge on any atom is 0.327 e. The van der Waals surface area contributed by atoms with E-state index in [0.717, 1.165) is 38.3 Å². The number of anilines is 1. The molecule has 1 fully saturated rings. The first kappa shape index (κ1) is 17.5. The van der Waals surface area contributed by atoms with Gasteiger partial charge in [-0.25, -0.2) is 0 Å². The van der Waals surface area contributed by atoms with E-state index in [1.165, 1.54) is 13.2 Å². The molecule has 1 saturated carbocycles. The number of ether oxygens (including phenoxy) is 1. The predicted molar refractivity (Wildman–Crippen MR) is 87.6 cm³/mol. The Labute approximate surface area is 135 Å². The maximum atomic E-state index is 14.0. The second kappa shape index (κ2) is 7.12. The highest BCUT2D eigenvalue weighted by Crippen LogP contribution is 2.40. The Kier molecular flexibility index (Phi) is 5.41. The van der Waals surface area contributed by atoms with Crippen molar-refractivity contribution in [1.29, 1.82) is 0 Å². The van der Waals surface area contributed by atoms with Gasteiger partial charge in [-0.05, 0) is 26.9 Å². The zero-order valence-corrected chi connectivity index (χ0v) is 13.9. The van der Waals surface area contributed by atoms with Gasteiger partial charge in [0.05, 0.1) is 12.0 Å².